The molecule has 0 heterocycles. The van der Waals surface area contributed by atoms with Crippen LogP contribution in [-0.2, 0) is 9.59 Å². The van der Waals surface area contributed by atoms with Crippen LogP contribution in [0.4, 0.5) is 8.78 Å². The van der Waals surface area contributed by atoms with E-state index in [2.05, 4.69) is 21.1 Å². The van der Waals surface area contributed by atoms with E-state index in [9.17, 15) is 18.4 Å². The molecule has 0 spiro atoms. The summed E-state index contributed by atoms with van der Waals surface area (Å²) in [7, 11) is 0. The van der Waals surface area contributed by atoms with Gasteiger partial charge in [-0.2, -0.15) is 10.2 Å². The van der Waals surface area contributed by atoms with Gasteiger partial charge in [0.05, 0.1) is 11.4 Å². The van der Waals surface area contributed by atoms with Crippen LogP contribution in [0.1, 0.15) is 50.7 Å². The topological polar surface area (TPSA) is 82.9 Å². The Bertz CT molecular complexity index is 846. The smallest absolute Gasteiger partial charge is 0.240 e. The van der Waals surface area contributed by atoms with Crippen molar-refractivity contribution in [1.82, 2.24) is 10.9 Å². The highest BCUT2D eigenvalue weighted by atomic mass is 19.1. The lowest BCUT2D eigenvalue weighted by Gasteiger charge is -2.04. The molecule has 0 aliphatic carbocycles. The van der Waals surface area contributed by atoms with E-state index in [0.29, 0.717) is 35.4 Å². The average Bonchev–Trinajstić information content (AvgIpc) is 2.74. The third-order valence-corrected chi connectivity index (χ3v) is 4.28. The number of nitrogens with one attached hydrogen (secondary N) is 2. The molecule has 8 heteroatoms. The first-order valence-electron chi connectivity index (χ1n) is 9.53. The highest BCUT2D eigenvalue weighted by molar-refractivity contribution is 5.99. The van der Waals surface area contributed by atoms with Crippen molar-refractivity contribution in [3.05, 3.63) is 71.3 Å². The molecule has 2 aromatic carbocycles. The second-order valence-electron chi connectivity index (χ2n) is 6.69. The van der Waals surface area contributed by atoms with Crippen LogP contribution in [0.3, 0.4) is 0 Å². The first kappa shape index (κ1) is 22.9. The summed E-state index contributed by atoms with van der Waals surface area (Å²) in [4.78, 5) is 23.7. The summed E-state index contributed by atoms with van der Waals surface area (Å²) in [5.41, 5.74) is 7.46. The van der Waals surface area contributed by atoms with Crippen molar-refractivity contribution in [2.75, 3.05) is 0 Å². The van der Waals surface area contributed by atoms with E-state index in [1.165, 1.54) is 24.3 Å². The zero-order valence-electron chi connectivity index (χ0n) is 16.9. The molecule has 0 saturated carbocycles. The van der Waals surface area contributed by atoms with Crippen molar-refractivity contribution in [2.24, 2.45) is 10.2 Å². The number of halogens is 2. The van der Waals surface area contributed by atoms with Crippen LogP contribution in [0, 0.1) is 11.6 Å². The largest absolute Gasteiger partial charge is 0.273 e. The fraction of sp³-hybridized carbons (Fsp3) is 0.273. The predicted molar refractivity (Wildman–Crippen MR) is 112 cm³/mol. The maximum Gasteiger partial charge on any atom is 0.240 e. The van der Waals surface area contributed by atoms with Gasteiger partial charge in [0, 0.05) is 12.8 Å². The van der Waals surface area contributed by atoms with Crippen LogP contribution in [0.2, 0.25) is 0 Å². The van der Waals surface area contributed by atoms with Crippen LogP contribution in [-0.4, -0.2) is 23.2 Å². The Balaban J connectivity index is 1.66. The molecule has 0 aromatic heterocycles. The molecule has 2 aromatic rings. The van der Waals surface area contributed by atoms with Gasteiger partial charge in [-0.1, -0.05) is 24.3 Å². The summed E-state index contributed by atoms with van der Waals surface area (Å²) in [5, 5.41) is 7.99. The number of hydrogen-bond acceptors (Lipinski definition) is 4. The minimum absolute atomic E-state index is 0.228. The molecule has 0 saturated heterocycles. The van der Waals surface area contributed by atoms with Crippen molar-refractivity contribution in [2.45, 2.75) is 39.5 Å². The monoisotopic (exact) mass is 414 g/mol. The number of carbonyl (C=O) groups excluding carboxylic acids is 2. The number of amides is 2. The highest BCUT2D eigenvalue weighted by Gasteiger charge is 2.05. The Labute approximate surface area is 174 Å². The molecule has 158 valence electrons. The van der Waals surface area contributed by atoms with Gasteiger partial charge in [-0.15, -0.1) is 0 Å². The zero-order valence-corrected chi connectivity index (χ0v) is 16.9. The minimum atomic E-state index is -0.337. The first-order valence-corrected chi connectivity index (χ1v) is 9.53. The van der Waals surface area contributed by atoms with Gasteiger partial charge in [-0.05, 0) is 62.1 Å². The average molecular weight is 414 g/mol. The molecule has 0 unspecified atom stereocenters. The maximum atomic E-state index is 12.9. The van der Waals surface area contributed by atoms with Crippen molar-refractivity contribution >= 4 is 23.2 Å². The van der Waals surface area contributed by atoms with Crippen molar-refractivity contribution in [3.8, 4) is 0 Å². The predicted octanol–water partition coefficient (Wildman–Crippen LogP) is 3.91. The van der Waals surface area contributed by atoms with Crippen LogP contribution in [0.25, 0.3) is 0 Å². The van der Waals surface area contributed by atoms with Crippen LogP contribution in [0.15, 0.2) is 58.7 Å². The molecule has 0 fully saturated rings. The van der Waals surface area contributed by atoms with E-state index in [1.54, 1.807) is 38.1 Å². The second kappa shape index (κ2) is 11.5. The van der Waals surface area contributed by atoms with E-state index < -0.39 is 0 Å². The molecule has 2 amide bonds. The van der Waals surface area contributed by atoms with E-state index >= 15 is 0 Å². The summed E-state index contributed by atoms with van der Waals surface area (Å²) < 4.78 is 25.8. The zero-order chi connectivity index (χ0) is 21.9. The van der Waals surface area contributed by atoms with E-state index in [0.717, 1.165) is 0 Å². The Kier molecular flexibility index (Phi) is 8.80. The molecular weight excluding hydrogens is 390 g/mol. The van der Waals surface area contributed by atoms with Gasteiger partial charge in [0.1, 0.15) is 11.6 Å². The number of nitrogens with zero attached hydrogens (tertiary/aromatic N) is 2. The van der Waals surface area contributed by atoms with E-state index in [1.807, 2.05) is 0 Å². The Morgan fingerprint density at radius 3 is 1.37 bits per heavy atom. The molecule has 0 radical (unpaired) electrons. The number of hydrogen-bond donors (Lipinski definition) is 2. The fourth-order valence-corrected chi connectivity index (χ4v) is 2.49. The molecule has 30 heavy (non-hydrogen) atoms. The molecule has 0 aliphatic heterocycles. The molecule has 0 bridgehead atoms. The molecule has 0 aliphatic rings. The van der Waals surface area contributed by atoms with Gasteiger partial charge < -0.3 is 0 Å². The first-order chi connectivity index (χ1) is 14.3. The highest BCUT2D eigenvalue weighted by Crippen LogP contribution is 2.06. The van der Waals surface area contributed by atoms with Crippen molar-refractivity contribution < 1.29 is 18.4 Å². The molecule has 2 rings (SSSR count). The lowest BCUT2D eigenvalue weighted by Crippen LogP contribution is -2.20. The summed E-state index contributed by atoms with van der Waals surface area (Å²) in [5.74, 6) is -1.20. The summed E-state index contributed by atoms with van der Waals surface area (Å²) in [6.45, 7) is 3.43. The Hall–Kier alpha value is -3.42. The normalized spacial score (nSPS) is 11.9. The van der Waals surface area contributed by atoms with E-state index in [4.69, 9.17) is 0 Å². The molecular formula is C22H24F2N4O2. The van der Waals surface area contributed by atoms with Gasteiger partial charge in [0.2, 0.25) is 11.8 Å². The van der Waals surface area contributed by atoms with Crippen LogP contribution >= 0.6 is 0 Å². The number of carbonyl (C=O) groups is 2. The maximum absolute atomic E-state index is 12.9. The van der Waals surface area contributed by atoms with Gasteiger partial charge in [-0.3, -0.25) is 9.59 Å². The standard InChI is InChI=1S/C22H24F2N4O2/c1-15(17-7-11-19(23)12-8-17)25-27-21(29)5-3-4-6-22(30)28-26-16(2)18-9-13-20(24)14-10-18/h7-14H,3-6H2,1-2H3,(H,27,29)(H,28,30)/b25-15+,26-16+. The minimum Gasteiger partial charge on any atom is -0.273 e. The molecule has 6 nitrogen and oxygen atoms in total. The fourth-order valence-electron chi connectivity index (χ4n) is 2.49. The third kappa shape index (κ3) is 7.90. The van der Waals surface area contributed by atoms with Crippen molar-refractivity contribution in [3.63, 3.8) is 0 Å². The van der Waals surface area contributed by atoms with Crippen LogP contribution < -0.4 is 10.9 Å². The summed E-state index contributed by atoms with van der Waals surface area (Å²) in [6.07, 6.45) is 1.49. The van der Waals surface area contributed by atoms with Gasteiger partial charge in [0.15, 0.2) is 0 Å². The van der Waals surface area contributed by atoms with Crippen LogP contribution in [0.5, 0.6) is 0 Å². The van der Waals surface area contributed by atoms with E-state index in [-0.39, 0.29) is 36.3 Å². The number of unbranched alkanes of at least 4 members (excludes halogenated alkanes) is 1. The Morgan fingerprint density at radius 2 is 1.03 bits per heavy atom. The summed E-state index contributed by atoms with van der Waals surface area (Å²) in [6, 6.07) is 11.6. The number of hydrazone groups is 2. The van der Waals surface area contributed by atoms with Gasteiger partial charge >= 0.3 is 0 Å². The molecule has 2 N–H and O–H groups in total. The van der Waals surface area contributed by atoms with Crippen molar-refractivity contribution in [1.29, 1.82) is 0 Å². The quantitative estimate of drug-likeness (QED) is 0.371. The Morgan fingerprint density at radius 1 is 0.700 bits per heavy atom. The second-order valence-corrected chi connectivity index (χ2v) is 6.69. The lowest BCUT2D eigenvalue weighted by atomic mass is 10.1. The number of benzene rings is 2. The molecule has 0 atom stereocenters. The number of rotatable bonds is 9. The van der Waals surface area contributed by atoms with Gasteiger partial charge in [0.25, 0.3) is 0 Å². The third-order valence-electron chi connectivity index (χ3n) is 4.28. The van der Waals surface area contributed by atoms with Gasteiger partial charge in [-0.25, -0.2) is 19.6 Å². The SMILES string of the molecule is C/C(=N\NC(=O)CCCCC(=O)N/N=C(\C)c1ccc(F)cc1)c1ccc(F)cc1. The summed E-state index contributed by atoms with van der Waals surface area (Å²) >= 11 is 0. The lowest BCUT2D eigenvalue weighted by molar-refractivity contribution is -0.123.